The van der Waals surface area contributed by atoms with Crippen LogP contribution in [0.3, 0.4) is 0 Å². The van der Waals surface area contributed by atoms with Gasteiger partial charge in [-0.2, -0.15) is 5.10 Å². The summed E-state index contributed by atoms with van der Waals surface area (Å²) >= 11 is 1.73. The number of thiophene rings is 1. The van der Waals surface area contributed by atoms with Crippen molar-refractivity contribution in [2.24, 2.45) is 0 Å². The lowest BCUT2D eigenvalue weighted by atomic mass is 10.1. The molecular weight excluding hydrogens is 270 g/mol. The van der Waals surface area contributed by atoms with Crippen LogP contribution in [0.1, 0.15) is 35.2 Å². The summed E-state index contributed by atoms with van der Waals surface area (Å²) in [7, 11) is 0. The lowest BCUT2D eigenvalue weighted by Gasteiger charge is -2.12. The maximum absolute atomic E-state index is 11.9. The first-order valence-corrected chi connectivity index (χ1v) is 7.76. The summed E-state index contributed by atoms with van der Waals surface area (Å²) in [4.78, 5) is 13.2. The molecule has 4 nitrogen and oxygen atoms in total. The summed E-state index contributed by atoms with van der Waals surface area (Å²) in [6, 6.07) is 4.31. The predicted molar refractivity (Wildman–Crippen MR) is 82.0 cm³/mol. The molecule has 2 heterocycles. The molecule has 2 aromatic rings. The minimum Gasteiger partial charge on any atom is -0.353 e. The molecule has 20 heavy (non-hydrogen) atoms. The third kappa shape index (κ3) is 3.93. The maximum Gasteiger partial charge on any atom is 0.220 e. The Labute approximate surface area is 123 Å². The number of rotatable bonds is 6. The number of nitrogens with one attached hydrogen (secondary N) is 2. The molecular formula is C15H21N3OS. The first-order chi connectivity index (χ1) is 9.56. The number of aryl methyl sites for hydroxylation is 2. The van der Waals surface area contributed by atoms with Gasteiger partial charge in [-0.05, 0) is 37.8 Å². The Morgan fingerprint density at radius 2 is 2.30 bits per heavy atom. The minimum absolute atomic E-state index is 0.0918. The summed E-state index contributed by atoms with van der Waals surface area (Å²) in [5.74, 6) is 0.0918. The van der Waals surface area contributed by atoms with Crippen LogP contribution in [-0.2, 0) is 17.6 Å². The van der Waals surface area contributed by atoms with Gasteiger partial charge >= 0.3 is 0 Å². The predicted octanol–water partition coefficient (Wildman–Crippen LogP) is 2.77. The van der Waals surface area contributed by atoms with Gasteiger partial charge < -0.3 is 5.32 Å². The van der Waals surface area contributed by atoms with Gasteiger partial charge in [0.05, 0.1) is 5.69 Å². The molecule has 0 aliphatic carbocycles. The zero-order chi connectivity index (χ0) is 14.5. The van der Waals surface area contributed by atoms with Crippen LogP contribution < -0.4 is 5.32 Å². The number of carbonyl (C=O) groups is 1. The molecule has 0 saturated heterocycles. The maximum atomic E-state index is 11.9. The van der Waals surface area contributed by atoms with Gasteiger partial charge in [-0.1, -0.05) is 6.07 Å². The highest BCUT2D eigenvalue weighted by Gasteiger charge is 2.11. The Morgan fingerprint density at radius 3 is 2.90 bits per heavy atom. The van der Waals surface area contributed by atoms with E-state index in [1.165, 1.54) is 4.88 Å². The number of H-pyrrole nitrogens is 1. The van der Waals surface area contributed by atoms with Gasteiger partial charge in [-0.25, -0.2) is 0 Å². The summed E-state index contributed by atoms with van der Waals surface area (Å²) in [5.41, 5.74) is 3.22. The van der Waals surface area contributed by atoms with Crippen molar-refractivity contribution in [3.63, 3.8) is 0 Å². The summed E-state index contributed by atoms with van der Waals surface area (Å²) < 4.78 is 0. The summed E-state index contributed by atoms with van der Waals surface area (Å²) in [5, 5.41) is 12.3. The van der Waals surface area contributed by atoms with E-state index in [1.54, 1.807) is 11.3 Å². The second kappa shape index (κ2) is 6.70. The van der Waals surface area contributed by atoms with Gasteiger partial charge in [0.15, 0.2) is 0 Å². The third-order valence-corrected chi connectivity index (χ3v) is 4.34. The third-order valence-electron chi connectivity index (χ3n) is 3.44. The summed E-state index contributed by atoms with van der Waals surface area (Å²) in [6.45, 7) is 6.07. The standard InChI is InChI=1S/C15H21N3OS/c1-10(9-13-5-4-8-20-13)16-15(19)7-6-14-11(2)12(3)17-18-14/h4-5,8,10H,6-7,9H2,1-3H3,(H,16,19)(H,17,18)/t10-/m0/s1. The van der Waals surface area contributed by atoms with E-state index in [9.17, 15) is 4.79 Å². The van der Waals surface area contributed by atoms with Crippen molar-refractivity contribution in [3.05, 3.63) is 39.3 Å². The van der Waals surface area contributed by atoms with Gasteiger partial charge in [-0.15, -0.1) is 11.3 Å². The van der Waals surface area contributed by atoms with E-state index >= 15 is 0 Å². The fourth-order valence-electron chi connectivity index (χ4n) is 2.14. The van der Waals surface area contributed by atoms with Crippen LogP contribution in [0.2, 0.25) is 0 Å². The van der Waals surface area contributed by atoms with Crippen LogP contribution in [-0.4, -0.2) is 22.1 Å². The molecule has 2 rings (SSSR count). The average Bonchev–Trinajstić information content (AvgIpc) is 3.00. The number of carbonyl (C=O) groups excluding carboxylic acids is 1. The van der Waals surface area contributed by atoms with Gasteiger partial charge in [0.2, 0.25) is 5.91 Å². The molecule has 0 saturated carbocycles. The highest BCUT2D eigenvalue weighted by Crippen LogP contribution is 2.12. The van der Waals surface area contributed by atoms with Crippen LogP contribution >= 0.6 is 11.3 Å². The first kappa shape index (κ1) is 14.8. The number of nitrogens with zero attached hydrogens (tertiary/aromatic N) is 1. The van der Waals surface area contributed by atoms with Gasteiger partial charge in [0, 0.05) is 35.9 Å². The number of amides is 1. The smallest absolute Gasteiger partial charge is 0.220 e. The second-order valence-electron chi connectivity index (χ2n) is 5.17. The molecule has 0 aliphatic rings. The number of aromatic amines is 1. The molecule has 5 heteroatoms. The van der Waals surface area contributed by atoms with E-state index in [0.717, 1.165) is 23.4 Å². The normalized spacial score (nSPS) is 12.3. The average molecular weight is 291 g/mol. The monoisotopic (exact) mass is 291 g/mol. The van der Waals surface area contributed by atoms with Crippen LogP contribution in [0.5, 0.6) is 0 Å². The minimum atomic E-state index is 0.0918. The van der Waals surface area contributed by atoms with E-state index in [4.69, 9.17) is 0 Å². The van der Waals surface area contributed by atoms with Gasteiger partial charge in [-0.3, -0.25) is 9.89 Å². The second-order valence-corrected chi connectivity index (χ2v) is 6.20. The van der Waals surface area contributed by atoms with Gasteiger partial charge in [0.25, 0.3) is 0 Å². The molecule has 0 spiro atoms. The number of hydrogen-bond donors (Lipinski definition) is 2. The highest BCUT2D eigenvalue weighted by molar-refractivity contribution is 7.09. The SMILES string of the molecule is Cc1[nH]nc(CCC(=O)N[C@@H](C)Cc2cccs2)c1C. The van der Waals surface area contributed by atoms with Gasteiger partial charge in [0.1, 0.15) is 0 Å². The van der Waals surface area contributed by atoms with Crippen molar-refractivity contribution in [2.75, 3.05) is 0 Å². The number of hydrogen-bond acceptors (Lipinski definition) is 3. The number of aromatic nitrogens is 2. The van der Waals surface area contributed by atoms with E-state index < -0.39 is 0 Å². The Kier molecular flexibility index (Phi) is 4.95. The summed E-state index contributed by atoms with van der Waals surface area (Å²) in [6.07, 6.45) is 2.07. The van der Waals surface area contributed by atoms with Crippen LogP contribution in [0.15, 0.2) is 17.5 Å². The van der Waals surface area contributed by atoms with E-state index in [2.05, 4.69) is 27.0 Å². The zero-order valence-corrected chi connectivity index (χ0v) is 13.0. The Hall–Kier alpha value is -1.62. The van der Waals surface area contributed by atoms with Crippen molar-refractivity contribution in [3.8, 4) is 0 Å². The van der Waals surface area contributed by atoms with Crippen molar-refractivity contribution in [2.45, 2.75) is 46.1 Å². The molecule has 1 atom stereocenters. The Bertz CT molecular complexity index is 560. The quantitative estimate of drug-likeness (QED) is 0.860. The Balaban J connectivity index is 1.76. The van der Waals surface area contributed by atoms with Crippen LogP contribution in [0, 0.1) is 13.8 Å². The molecule has 0 bridgehead atoms. The first-order valence-electron chi connectivity index (χ1n) is 6.88. The highest BCUT2D eigenvalue weighted by atomic mass is 32.1. The molecule has 2 N–H and O–H groups in total. The molecule has 0 aromatic carbocycles. The lowest BCUT2D eigenvalue weighted by Crippen LogP contribution is -2.34. The van der Waals surface area contributed by atoms with E-state index in [0.29, 0.717) is 12.8 Å². The fourth-order valence-corrected chi connectivity index (χ4v) is 2.97. The molecule has 108 valence electrons. The lowest BCUT2D eigenvalue weighted by molar-refractivity contribution is -0.121. The largest absolute Gasteiger partial charge is 0.353 e. The molecule has 0 unspecified atom stereocenters. The molecule has 0 aliphatic heterocycles. The Morgan fingerprint density at radius 1 is 1.50 bits per heavy atom. The topological polar surface area (TPSA) is 57.8 Å². The van der Waals surface area contributed by atoms with Crippen molar-refractivity contribution < 1.29 is 4.79 Å². The zero-order valence-electron chi connectivity index (χ0n) is 12.2. The van der Waals surface area contributed by atoms with Crippen LogP contribution in [0.4, 0.5) is 0 Å². The van der Waals surface area contributed by atoms with Crippen molar-refractivity contribution >= 4 is 17.2 Å². The van der Waals surface area contributed by atoms with Crippen molar-refractivity contribution in [1.82, 2.24) is 15.5 Å². The van der Waals surface area contributed by atoms with E-state index in [1.807, 2.05) is 26.8 Å². The molecule has 2 aromatic heterocycles. The molecule has 1 amide bonds. The molecule has 0 radical (unpaired) electrons. The van der Waals surface area contributed by atoms with E-state index in [-0.39, 0.29) is 11.9 Å². The van der Waals surface area contributed by atoms with Crippen LogP contribution in [0.25, 0.3) is 0 Å². The fraction of sp³-hybridized carbons (Fsp3) is 0.467. The molecule has 0 fully saturated rings. The van der Waals surface area contributed by atoms with Crippen molar-refractivity contribution in [1.29, 1.82) is 0 Å².